The normalized spacial score (nSPS) is 6.31. The van der Waals surface area contributed by atoms with Gasteiger partial charge in [0.05, 0.1) is 0 Å². The number of hydrogen-bond donors (Lipinski definition) is 3. The second kappa shape index (κ2) is 20.5. The van der Waals surface area contributed by atoms with Crippen LogP contribution in [0.1, 0.15) is 0 Å². The molecule has 0 aliphatic heterocycles. The fourth-order valence-electron chi connectivity index (χ4n) is 0. The third-order valence-electron chi connectivity index (χ3n) is 0. The Hall–Kier alpha value is 3.14. The van der Waals surface area contributed by atoms with Crippen molar-refractivity contribution in [3.8, 4) is 0 Å². The predicted octanol–water partition coefficient (Wildman–Crippen LogP) is -3.33. The van der Waals surface area contributed by atoms with Gasteiger partial charge in [-0.1, -0.05) is 0 Å². The zero-order valence-electron chi connectivity index (χ0n) is 4.24. The monoisotopic (exact) mass is 323 g/mol. The Morgan fingerprint density at radius 1 is 1.08 bits per heavy atom. The van der Waals surface area contributed by atoms with Crippen LogP contribution < -0.4 is 0 Å². The Morgan fingerprint density at radius 3 is 1.08 bits per heavy atom. The van der Waals surface area contributed by atoms with E-state index in [9.17, 15) is 0 Å². The van der Waals surface area contributed by atoms with Crippen LogP contribution in [-0.4, -0.2) is 141 Å². The third kappa shape index (κ3) is 265. The zero-order valence-corrected chi connectivity index (χ0v) is 5.87. The molecule has 3 N–H and O–H groups in total. The molecule has 0 heterocycles. The van der Waals surface area contributed by atoms with Crippen LogP contribution in [0.3, 0.4) is 0 Å². The second-order valence-corrected chi connectivity index (χ2v) is 1.58. The van der Waals surface area contributed by atoms with Crippen LogP contribution in [0, 0.1) is 10.1 Å². The molecule has 13 heteroatoms. The van der Waals surface area contributed by atoms with Crippen LogP contribution in [0.2, 0.25) is 0 Å². The van der Waals surface area contributed by atoms with Crippen molar-refractivity contribution in [3.63, 3.8) is 0 Å². The van der Waals surface area contributed by atoms with Crippen LogP contribution in [-0.2, 0) is 10.4 Å². The molecule has 0 aliphatic carbocycles. The van der Waals surface area contributed by atoms with Crippen molar-refractivity contribution in [2.24, 2.45) is 0 Å². The van der Waals surface area contributed by atoms with Crippen LogP contribution in [0.4, 0.5) is 0 Å². The molecule has 0 aliphatic rings. The molecule has 0 bridgehead atoms. The van der Waals surface area contributed by atoms with E-state index in [2.05, 4.69) is 0 Å². The fourth-order valence-corrected chi connectivity index (χ4v) is 0. The molecule has 0 rings (SSSR count). The molecule has 0 radical (unpaired) electrons. The van der Waals surface area contributed by atoms with Gasteiger partial charge in [0.1, 0.15) is 0 Å². The molecule has 0 atom stereocenters. The van der Waals surface area contributed by atoms with Crippen LogP contribution in [0.25, 0.3) is 0 Å². The minimum absolute atomic E-state index is 0. The molecule has 8 nitrogen and oxygen atoms in total. The zero-order chi connectivity index (χ0) is 8.08. The van der Waals surface area contributed by atoms with Crippen LogP contribution >= 0.6 is 12.4 Å². The molecule has 0 aromatic rings. The summed E-state index contributed by atoms with van der Waals surface area (Å²) in [6.45, 7) is 0. The van der Waals surface area contributed by atoms with E-state index in [1.54, 1.807) is 0 Å². The van der Waals surface area contributed by atoms with Crippen molar-refractivity contribution in [3.05, 3.63) is 10.1 Å². The second-order valence-electron chi connectivity index (χ2n) is 0.686. The molecular weight excluding hydrogens is 314 g/mol. The Bertz CT molecular complexity index is 166. The Balaban J connectivity index is -0.0000000146. The maximum absolute atomic E-state index is 8.74. The molecule has 0 unspecified atom stereocenters. The number of rotatable bonds is 0. The first kappa shape index (κ1) is 36.0. The van der Waals surface area contributed by atoms with Crippen molar-refractivity contribution in [2.75, 3.05) is 0 Å². The van der Waals surface area contributed by atoms with Crippen molar-refractivity contribution in [2.45, 2.75) is 0 Å². The van der Waals surface area contributed by atoms with E-state index in [1.807, 2.05) is 0 Å². The van der Waals surface area contributed by atoms with Crippen molar-refractivity contribution >= 4 is 136 Å². The predicted molar refractivity (Wildman–Crippen MR) is 55.8 cm³/mol. The topological polar surface area (TPSA) is 138 Å². The van der Waals surface area contributed by atoms with Gasteiger partial charge in [0.25, 0.3) is 5.09 Å². The van der Waals surface area contributed by atoms with Gasteiger partial charge in [-0.3, -0.25) is 9.11 Å². The van der Waals surface area contributed by atoms with E-state index in [4.69, 9.17) is 32.8 Å². The van der Waals surface area contributed by atoms with E-state index in [0.717, 1.165) is 0 Å². The quantitative estimate of drug-likeness (QED) is 0.183. The first-order chi connectivity index (χ1) is 3.73. The van der Waals surface area contributed by atoms with E-state index in [1.165, 1.54) is 0 Å². The number of halogens is 1. The summed E-state index contributed by atoms with van der Waals surface area (Å²) in [5, 5.41) is 13.6. The van der Waals surface area contributed by atoms with Gasteiger partial charge >= 0.3 is 124 Å². The Labute approximate surface area is 170 Å². The molecule has 0 spiro atoms. The molecule has 0 amide bonds. The van der Waals surface area contributed by atoms with Crippen molar-refractivity contribution in [1.29, 1.82) is 0 Å². The van der Waals surface area contributed by atoms with E-state index in [-0.39, 0.29) is 126 Å². The van der Waals surface area contributed by atoms with Gasteiger partial charge < -0.3 is 5.21 Å². The first-order valence-corrected chi connectivity index (χ1v) is 2.66. The van der Waals surface area contributed by atoms with Crippen molar-refractivity contribution < 1.29 is 27.8 Å². The number of nitrogens with zero attached hydrogens (tertiary/aromatic N) is 1. The molecule has 13 heavy (non-hydrogen) atoms. The first-order valence-electron chi connectivity index (χ1n) is 1.26. The molecule has 0 fully saturated rings. The van der Waals surface area contributed by atoms with E-state index >= 15 is 0 Å². The van der Waals surface area contributed by atoms with Crippen LogP contribution in [0.15, 0.2) is 0 Å². The summed E-state index contributed by atoms with van der Waals surface area (Å²) in [6, 6.07) is 0. The Kier molecular flexibility index (Phi) is 56.8. The van der Waals surface area contributed by atoms with Gasteiger partial charge in [0.15, 0.2) is 0 Å². The average molecular weight is 324 g/mol. The maximum atomic E-state index is 8.74. The molecule has 0 aromatic heterocycles. The minimum atomic E-state index is -4.67. The van der Waals surface area contributed by atoms with Gasteiger partial charge in [0.2, 0.25) is 0 Å². The summed E-state index contributed by atoms with van der Waals surface area (Å²) in [5.41, 5.74) is 0. The van der Waals surface area contributed by atoms with Gasteiger partial charge in [-0.15, -0.1) is 22.5 Å². The Morgan fingerprint density at radius 2 is 1.08 bits per heavy atom. The van der Waals surface area contributed by atoms with Gasteiger partial charge in [-0.2, -0.15) is 8.42 Å². The number of hydrogen-bond acceptors (Lipinski definition) is 4. The fraction of sp³-hybridized carbons (Fsp3) is 0. The van der Waals surface area contributed by atoms with Gasteiger partial charge in [0, 0.05) is 0 Å². The molecule has 0 saturated carbocycles. The summed E-state index contributed by atoms with van der Waals surface area (Å²) < 4.78 is 31.6. The summed E-state index contributed by atoms with van der Waals surface area (Å²) in [7, 11) is -4.67. The summed E-state index contributed by atoms with van der Waals surface area (Å²) in [5.74, 6) is 0. The average Bonchev–Trinajstić information content (AvgIpc) is 1.19. The SMILES string of the molecule is Cl.O=S(=O)(O)O.O=[N+]([O-])O.[CaH2].[CaH2].[CaH2]. The summed E-state index contributed by atoms with van der Waals surface area (Å²) in [6.07, 6.45) is 0. The molecule has 0 saturated heterocycles. The third-order valence-corrected chi connectivity index (χ3v) is 0. The van der Waals surface area contributed by atoms with Crippen LogP contribution in [0.5, 0.6) is 0 Å². The van der Waals surface area contributed by atoms with Gasteiger partial charge in [-0.05, 0) is 0 Å². The standard InChI is InChI=1S/3Ca.ClH.HNO3.H2O4S.6H/c;;;;2-1(3)4;1-5(2,3)4;;;;;;/h;;;1H;(H,2,3,4);(H2,1,2,3,4);;;;;;. The van der Waals surface area contributed by atoms with E-state index < -0.39 is 15.5 Å². The molecule has 0 aromatic carbocycles. The molecular formula is H10Ca3ClNO7S. The molecule has 76 valence electrons. The van der Waals surface area contributed by atoms with Gasteiger partial charge in [-0.25, -0.2) is 0 Å². The van der Waals surface area contributed by atoms with E-state index in [0.29, 0.717) is 0 Å². The summed E-state index contributed by atoms with van der Waals surface area (Å²) >= 11 is 0. The van der Waals surface area contributed by atoms with Crippen molar-refractivity contribution in [1.82, 2.24) is 0 Å². The summed E-state index contributed by atoms with van der Waals surface area (Å²) in [4.78, 5) is 8.36.